The lowest BCUT2D eigenvalue weighted by Gasteiger charge is -2.00. The number of imidazole rings is 1. The van der Waals surface area contributed by atoms with Gasteiger partial charge >= 0.3 is 0 Å². The minimum atomic E-state index is 0.613. The summed E-state index contributed by atoms with van der Waals surface area (Å²) in [5, 5.41) is 5.47. The fourth-order valence-corrected chi connectivity index (χ4v) is 2.76. The lowest BCUT2D eigenvalue weighted by Crippen LogP contribution is -2.02. The van der Waals surface area contributed by atoms with Crippen LogP contribution in [-0.4, -0.2) is 28.3 Å². The molecule has 2 aromatic heterocycles. The number of fused-ring (bicyclic) bond motifs is 1. The molecule has 1 aromatic carbocycles. The van der Waals surface area contributed by atoms with Crippen LogP contribution < -0.4 is 10.5 Å². The highest BCUT2D eigenvalue weighted by atomic mass is 32.1. The van der Waals surface area contributed by atoms with Crippen LogP contribution in [0.15, 0.2) is 30.5 Å². The largest absolute Gasteiger partial charge is 0.497 e. The maximum absolute atomic E-state index is 5.52. The van der Waals surface area contributed by atoms with Gasteiger partial charge in [-0.05, 0) is 30.8 Å². The topological polar surface area (TPSA) is 65.4 Å². The first-order chi connectivity index (χ1) is 9.30. The summed E-state index contributed by atoms with van der Waals surface area (Å²) in [5.41, 5.74) is 7.50. The molecule has 3 aromatic rings. The molecular formula is C13H14N4OS. The molecule has 5 nitrogen and oxygen atoms in total. The van der Waals surface area contributed by atoms with Gasteiger partial charge in [0.05, 0.1) is 19.0 Å². The molecule has 0 fully saturated rings. The fourth-order valence-electron chi connectivity index (χ4n) is 1.87. The van der Waals surface area contributed by atoms with Crippen LogP contribution in [0.5, 0.6) is 5.75 Å². The van der Waals surface area contributed by atoms with Gasteiger partial charge in [0.15, 0.2) is 0 Å². The summed E-state index contributed by atoms with van der Waals surface area (Å²) >= 11 is 1.58. The van der Waals surface area contributed by atoms with Crippen molar-refractivity contribution in [2.45, 2.75) is 6.42 Å². The Morgan fingerprint density at radius 2 is 2.11 bits per heavy atom. The second-order valence-corrected chi connectivity index (χ2v) is 5.16. The van der Waals surface area contributed by atoms with Gasteiger partial charge in [-0.2, -0.15) is 5.10 Å². The summed E-state index contributed by atoms with van der Waals surface area (Å²) in [6, 6.07) is 7.84. The summed E-state index contributed by atoms with van der Waals surface area (Å²) in [6.07, 6.45) is 2.74. The number of nitrogens with two attached hydrogens (primary N) is 1. The standard InChI is InChI=1S/C13H14N4OS/c1-18-10-4-2-9(3-5-10)11-8-17-13(15-11)19-12(16-17)6-7-14/h2-5,8H,6-7,14H2,1H3. The molecule has 0 spiro atoms. The van der Waals surface area contributed by atoms with Crippen molar-refractivity contribution in [2.75, 3.05) is 13.7 Å². The van der Waals surface area contributed by atoms with Crippen LogP contribution in [-0.2, 0) is 6.42 Å². The van der Waals surface area contributed by atoms with Crippen LogP contribution in [0, 0.1) is 0 Å². The second-order valence-electron chi connectivity index (χ2n) is 4.12. The van der Waals surface area contributed by atoms with E-state index in [1.54, 1.807) is 18.4 Å². The van der Waals surface area contributed by atoms with Crippen molar-refractivity contribution in [3.8, 4) is 17.0 Å². The van der Waals surface area contributed by atoms with Gasteiger partial charge < -0.3 is 10.5 Å². The van der Waals surface area contributed by atoms with Crippen molar-refractivity contribution in [1.29, 1.82) is 0 Å². The highest BCUT2D eigenvalue weighted by molar-refractivity contribution is 7.16. The van der Waals surface area contributed by atoms with Crippen LogP contribution in [0.1, 0.15) is 5.01 Å². The summed E-state index contributed by atoms with van der Waals surface area (Å²) in [7, 11) is 1.66. The van der Waals surface area contributed by atoms with Crippen molar-refractivity contribution in [2.24, 2.45) is 5.73 Å². The van der Waals surface area contributed by atoms with Gasteiger partial charge in [-0.3, -0.25) is 0 Å². The fraction of sp³-hybridized carbons (Fsp3) is 0.231. The average Bonchev–Trinajstić information content (AvgIpc) is 2.97. The van der Waals surface area contributed by atoms with E-state index in [1.807, 2.05) is 35.0 Å². The van der Waals surface area contributed by atoms with Crippen LogP contribution in [0.4, 0.5) is 0 Å². The predicted octanol–water partition coefficient (Wildman–Crippen LogP) is 1.97. The SMILES string of the molecule is COc1ccc(-c2cn3nc(CCN)sc3n2)cc1. The molecule has 0 aliphatic rings. The van der Waals surface area contributed by atoms with E-state index in [-0.39, 0.29) is 0 Å². The van der Waals surface area contributed by atoms with Gasteiger partial charge in [-0.25, -0.2) is 9.50 Å². The number of hydrogen-bond donors (Lipinski definition) is 1. The first-order valence-electron chi connectivity index (χ1n) is 6.00. The van der Waals surface area contributed by atoms with Gasteiger partial charge in [-0.1, -0.05) is 11.3 Å². The molecule has 0 bridgehead atoms. The Bertz CT molecular complexity index is 655. The summed E-state index contributed by atoms with van der Waals surface area (Å²) in [4.78, 5) is 5.48. The molecule has 0 saturated heterocycles. The third kappa shape index (κ3) is 2.32. The van der Waals surface area contributed by atoms with E-state index in [4.69, 9.17) is 10.5 Å². The summed E-state index contributed by atoms with van der Waals surface area (Å²) < 4.78 is 6.96. The quantitative estimate of drug-likeness (QED) is 0.790. The van der Waals surface area contributed by atoms with E-state index in [1.165, 1.54) is 0 Å². The predicted molar refractivity (Wildman–Crippen MR) is 75.6 cm³/mol. The van der Waals surface area contributed by atoms with E-state index in [9.17, 15) is 0 Å². The molecule has 0 aliphatic heterocycles. The smallest absolute Gasteiger partial charge is 0.212 e. The Kier molecular flexibility index (Phi) is 3.18. The van der Waals surface area contributed by atoms with E-state index >= 15 is 0 Å². The number of ether oxygens (including phenoxy) is 1. The van der Waals surface area contributed by atoms with Crippen molar-refractivity contribution in [3.05, 3.63) is 35.5 Å². The van der Waals surface area contributed by atoms with Gasteiger partial charge in [0.25, 0.3) is 0 Å². The Morgan fingerprint density at radius 1 is 1.32 bits per heavy atom. The van der Waals surface area contributed by atoms with E-state index in [2.05, 4.69) is 10.1 Å². The summed E-state index contributed by atoms with van der Waals surface area (Å²) in [5.74, 6) is 0.841. The minimum Gasteiger partial charge on any atom is -0.497 e. The zero-order valence-corrected chi connectivity index (χ0v) is 11.4. The van der Waals surface area contributed by atoms with Crippen LogP contribution in [0.25, 0.3) is 16.2 Å². The van der Waals surface area contributed by atoms with E-state index in [0.717, 1.165) is 33.4 Å². The van der Waals surface area contributed by atoms with Crippen LogP contribution in [0.3, 0.4) is 0 Å². The number of benzene rings is 1. The molecular weight excluding hydrogens is 260 g/mol. The average molecular weight is 274 g/mol. The molecule has 98 valence electrons. The zero-order valence-electron chi connectivity index (χ0n) is 10.5. The lowest BCUT2D eigenvalue weighted by molar-refractivity contribution is 0.415. The van der Waals surface area contributed by atoms with Gasteiger partial charge in [0.1, 0.15) is 10.8 Å². The second kappa shape index (κ2) is 4.99. The molecule has 19 heavy (non-hydrogen) atoms. The van der Waals surface area contributed by atoms with Gasteiger partial charge in [0, 0.05) is 12.0 Å². The maximum Gasteiger partial charge on any atom is 0.212 e. The number of hydrogen-bond acceptors (Lipinski definition) is 5. The van der Waals surface area contributed by atoms with Crippen molar-refractivity contribution < 1.29 is 4.74 Å². The number of methoxy groups -OCH3 is 1. The number of aromatic nitrogens is 3. The van der Waals surface area contributed by atoms with Crippen molar-refractivity contribution >= 4 is 16.3 Å². The first kappa shape index (κ1) is 12.1. The number of rotatable bonds is 4. The molecule has 6 heteroatoms. The third-order valence-corrected chi connectivity index (χ3v) is 3.81. The van der Waals surface area contributed by atoms with E-state index < -0.39 is 0 Å². The highest BCUT2D eigenvalue weighted by Crippen LogP contribution is 2.24. The normalized spacial score (nSPS) is 11.1. The number of nitrogens with zero attached hydrogens (tertiary/aromatic N) is 3. The zero-order chi connectivity index (χ0) is 13.2. The van der Waals surface area contributed by atoms with Crippen LogP contribution in [0.2, 0.25) is 0 Å². The highest BCUT2D eigenvalue weighted by Gasteiger charge is 2.09. The van der Waals surface area contributed by atoms with Crippen molar-refractivity contribution in [1.82, 2.24) is 14.6 Å². The Labute approximate surface area is 114 Å². The Hall–Kier alpha value is -1.92. The van der Waals surface area contributed by atoms with Crippen LogP contribution >= 0.6 is 11.3 Å². The Balaban J connectivity index is 1.93. The molecule has 0 aliphatic carbocycles. The Morgan fingerprint density at radius 3 is 2.74 bits per heavy atom. The monoisotopic (exact) mass is 274 g/mol. The third-order valence-electron chi connectivity index (χ3n) is 2.83. The molecule has 0 unspecified atom stereocenters. The first-order valence-corrected chi connectivity index (χ1v) is 6.81. The van der Waals surface area contributed by atoms with Gasteiger partial charge in [-0.15, -0.1) is 0 Å². The molecule has 0 amide bonds. The maximum atomic E-state index is 5.52. The minimum absolute atomic E-state index is 0.613. The van der Waals surface area contributed by atoms with E-state index in [0.29, 0.717) is 6.54 Å². The van der Waals surface area contributed by atoms with Crippen molar-refractivity contribution in [3.63, 3.8) is 0 Å². The summed E-state index contributed by atoms with van der Waals surface area (Å²) in [6.45, 7) is 0.613. The molecule has 0 saturated carbocycles. The molecule has 2 heterocycles. The lowest BCUT2D eigenvalue weighted by atomic mass is 10.2. The van der Waals surface area contributed by atoms with Gasteiger partial charge in [0.2, 0.25) is 4.96 Å². The molecule has 2 N–H and O–H groups in total. The molecule has 3 rings (SSSR count). The molecule has 0 atom stereocenters. The molecule has 0 radical (unpaired) electrons.